The van der Waals surface area contributed by atoms with Crippen molar-refractivity contribution in [2.75, 3.05) is 6.54 Å². The zero-order valence-electron chi connectivity index (χ0n) is 12.5. The van der Waals surface area contributed by atoms with E-state index in [2.05, 4.69) is 70.3 Å². The van der Waals surface area contributed by atoms with E-state index in [0.717, 1.165) is 12.5 Å². The number of hydrogen-bond donors (Lipinski definition) is 1. The average molecular weight is 245 g/mol. The molecule has 18 heavy (non-hydrogen) atoms. The zero-order valence-corrected chi connectivity index (χ0v) is 12.5. The fourth-order valence-electron chi connectivity index (χ4n) is 1.97. The number of nitrogens with one attached hydrogen (secondary N) is 1. The molecular weight excluding hydrogens is 218 g/mol. The lowest BCUT2D eigenvalue weighted by Gasteiger charge is -2.14. The molecule has 100 valence electrons. The van der Waals surface area contributed by atoms with E-state index >= 15 is 0 Å². The first-order valence-corrected chi connectivity index (χ1v) is 6.94. The van der Waals surface area contributed by atoms with E-state index in [0.29, 0.717) is 6.04 Å². The van der Waals surface area contributed by atoms with Crippen LogP contribution in [0.1, 0.15) is 51.8 Å². The summed E-state index contributed by atoms with van der Waals surface area (Å²) in [6, 6.07) is 9.42. The number of benzene rings is 1. The molecule has 1 aromatic rings. The van der Waals surface area contributed by atoms with E-state index in [4.69, 9.17) is 0 Å². The van der Waals surface area contributed by atoms with Gasteiger partial charge in [0.15, 0.2) is 0 Å². The van der Waals surface area contributed by atoms with Crippen molar-refractivity contribution in [2.24, 2.45) is 5.92 Å². The highest BCUT2D eigenvalue weighted by molar-refractivity contribution is 5.25. The van der Waals surface area contributed by atoms with Gasteiger partial charge in [-0.05, 0) is 44.2 Å². The van der Waals surface area contributed by atoms with Crippen LogP contribution < -0.4 is 5.32 Å². The predicted molar refractivity (Wildman–Crippen MR) is 80.8 cm³/mol. The second-order valence-corrected chi connectivity index (χ2v) is 5.75. The molecule has 0 heterocycles. The summed E-state index contributed by atoms with van der Waals surface area (Å²) in [7, 11) is 0. The molecule has 1 unspecified atom stereocenters. The van der Waals surface area contributed by atoms with Crippen molar-refractivity contribution in [3.63, 3.8) is 0 Å². The van der Waals surface area contributed by atoms with Crippen molar-refractivity contribution in [1.82, 2.24) is 5.32 Å². The van der Waals surface area contributed by atoms with Gasteiger partial charge in [-0.15, -0.1) is 0 Å². The molecule has 1 atom stereocenters. The van der Waals surface area contributed by atoms with E-state index in [1.165, 1.54) is 23.1 Å². The van der Waals surface area contributed by atoms with Gasteiger partial charge in [0.1, 0.15) is 0 Å². The molecular formula is C17H27N. The van der Waals surface area contributed by atoms with Gasteiger partial charge in [0.25, 0.3) is 0 Å². The molecule has 0 aliphatic heterocycles. The summed E-state index contributed by atoms with van der Waals surface area (Å²) in [5.41, 5.74) is 4.16. The molecule has 1 nitrogen and oxygen atoms in total. The molecule has 0 spiro atoms. The third kappa shape index (κ3) is 5.50. The van der Waals surface area contributed by atoms with Crippen LogP contribution in [-0.4, -0.2) is 6.54 Å². The maximum atomic E-state index is 3.51. The highest BCUT2D eigenvalue weighted by Crippen LogP contribution is 2.15. The summed E-state index contributed by atoms with van der Waals surface area (Å²) >= 11 is 0. The second-order valence-electron chi connectivity index (χ2n) is 5.75. The minimum Gasteiger partial charge on any atom is -0.307 e. The SMILES string of the molecule is CC(C)=CCNC(C)c1ccc(CC(C)C)cc1. The fraction of sp³-hybridized carbons (Fsp3) is 0.529. The smallest absolute Gasteiger partial charge is 0.0294 e. The van der Waals surface area contributed by atoms with Crippen molar-refractivity contribution in [3.05, 3.63) is 47.0 Å². The van der Waals surface area contributed by atoms with Crippen LogP contribution in [0.4, 0.5) is 0 Å². The highest BCUT2D eigenvalue weighted by Gasteiger charge is 2.04. The van der Waals surface area contributed by atoms with Gasteiger partial charge in [0, 0.05) is 12.6 Å². The average Bonchev–Trinajstić information content (AvgIpc) is 2.28. The van der Waals surface area contributed by atoms with Crippen LogP contribution in [0.3, 0.4) is 0 Å². The van der Waals surface area contributed by atoms with Gasteiger partial charge in [-0.1, -0.05) is 49.8 Å². The molecule has 0 fully saturated rings. The van der Waals surface area contributed by atoms with Gasteiger partial charge in [-0.25, -0.2) is 0 Å². The fourth-order valence-corrected chi connectivity index (χ4v) is 1.97. The first-order valence-electron chi connectivity index (χ1n) is 6.94. The monoisotopic (exact) mass is 245 g/mol. The third-order valence-electron chi connectivity index (χ3n) is 3.06. The summed E-state index contributed by atoms with van der Waals surface area (Å²) in [4.78, 5) is 0. The summed E-state index contributed by atoms with van der Waals surface area (Å²) in [6.07, 6.45) is 3.39. The van der Waals surface area contributed by atoms with Crippen LogP contribution in [0.15, 0.2) is 35.9 Å². The first kappa shape index (κ1) is 15.0. The lowest BCUT2D eigenvalue weighted by Crippen LogP contribution is -2.18. The Kier molecular flexibility index (Phi) is 6.14. The molecule has 1 heteroatoms. The van der Waals surface area contributed by atoms with E-state index < -0.39 is 0 Å². The highest BCUT2D eigenvalue weighted by atomic mass is 14.9. The van der Waals surface area contributed by atoms with Gasteiger partial charge < -0.3 is 5.32 Å². The van der Waals surface area contributed by atoms with E-state index in [-0.39, 0.29) is 0 Å². The number of hydrogen-bond acceptors (Lipinski definition) is 1. The third-order valence-corrected chi connectivity index (χ3v) is 3.06. The quantitative estimate of drug-likeness (QED) is 0.728. The second kappa shape index (κ2) is 7.38. The molecule has 0 radical (unpaired) electrons. The van der Waals surface area contributed by atoms with Crippen LogP contribution in [0.5, 0.6) is 0 Å². The molecule has 0 saturated carbocycles. The number of rotatable bonds is 6. The summed E-state index contributed by atoms with van der Waals surface area (Å²) in [5, 5.41) is 3.51. The van der Waals surface area contributed by atoms with Crippen molar-refractivity contribution in [3.8, 4) is 0 Å². The Morgan fingerprint density at radius 1 is 1.11 bits per heavy atom. The van der Waals surface area contributed by atoms with Crippen LogP contribution in [0.2, 0.25) is 0 Å². The molecule has 1 aromatic carbocycles. The first-order chi connectivity index (χ1) is 8.49. The van der Waals surface area contributed by atoms with Gasteiger partial charge in [-0.2, -0.15) is 0 Å². The summed E-state index contributed by atoms with van der Waals surface area (Å²) in [5.74, 6) is 0.726. The summed E-state index contributed by atoms with van der Waals surface area (Å²) in [6.45, 7) is 11.9. The molecule has 0 saturated heterocycles. The Labute approximate surface area is 112 Å². The van der Waals surface area contributed by atoms with E-state index in [1.54, 1.807) is 0 Å². The Bertz CT molecular complexity index is 369. The van der Waals surface area contributed by atoms with Gasteiger partial charge in [0.2, 0.25) is 0 Å². The maximum absolute atomic E-state index is 3.51. The molecule has 0 aromatic heterocycles. The maximum Gasteiger partial charge on any atom is 0.0294 e. The standard InChI is InChI=1S/C17H27N/c1-13(2)10-11-18-15(5)17-8-6-16(7-9-17)12-14(3)4/h6-10,14-15,18H,11-12H2,1-5H3. The topological polar surface area (TPSA) is 12.0 Å². The Morgan fingerprint density at radius 3 is 2.22 bits per heavy atom. The zero-order chi connectivity index (χ0) is 13.5. The van der Waals surface area contributed by atoms with Crippen molar-refractivity contribution >= 4 is 0 Å². The van der Waals surface area contributed by atoms with E-state index in [1.807, 2.05) is 0 Å². The summed E-state index contributed by atoms with van der Waals surface area (Å²) < 4.78 is 0. The van der Waals surface area contributed by atoms with Crippen LogP contribution in [-0.2, 0) is 6.42 Å². The molecule has 0 amide bonds. The molecule has 0 aliphatic rings. The van der Waals surface area contributed by atoms with Crippen molar-refractivity contribution < 1.29 is 0 Å². The van der Waals surface area contributed by atoms with Gasteiger partial charge in [-0.3, -0.25) is 0 Å². The Hall–Kier alpha value is -1.08. The Balaban J connectivity index is 2.53. The number of allylic oxidation sites excluding steroid dienone is 1. The largest absolute Gasteiger partial charge is 0.307 e. The lowest BCUT2D eigenvalue weighted by atomic mass is 10.00. The van der Waals surface area contributed by atoms with Gasteiger partial charge in [0.05, 0.1) is 0 Å². The minimum atomic E-state index is 0.411. The van der Waals surface area contributed by atoms with Gasteiger partial charge >= 0.3 is 0 Å². The lowest BCUT2D eigenvalue weighted by molar-refractivity contribution is 0.614. The molecule has 0 aliphatic carbocycles. The van der Waals surface area contributed by atoms with Crippen molar-refractivity contribution in [2.45, 2.75) is 47.1 Å². The normalized spacial score (nSPS) is 12.6. The minimum absolute atomic E-state index is 0.411. The van der Waals surface area contributed by atoms with Crippen LogP contribution in [0.25, 0.3) is 0 Å². The Morgan fingerprint density at radius 2 is 1.72 bits per heavy atom. The van der Waals surface area contributed by atoms with Crippen molar-refractivity contribution in [1.29, 1.82) is 0 Å². The van der Waals surface area contributed by atoms with E-state index in [9.17, 15) is 0 Å². The van der Waals surface area contributed by atoms with Crippen LogP contribution in [0, 0.1) is 5.92 Å². The van der Waals surface area contributed by atoms with Crippen LogP contribution >= 0.6 is 0 Å². The molecule has 1 rings (SSSR count). The molecule has 0 bridgehead atoms. The molecule has 1 N–H and O–H groups in total. The predicted octanol–water partition coefficient (Wildman–Crippen LogP) is 4.50.